The van der Waals surface area contributed by atoms with E-state index in [9.17, 15) is 4.79 Å². The maximum absolute atomic E-state index is 13.1. The molecule has 2 aliphatic rings. The number of rotatable bonds is 6. The summed E-state index contributed by atoms with van der Waals surface area (Å²) in [7, 11) is 1.69. The molecule has 1 fully saturated rings. The van der Waals surface area contributed by atoms with Crippen molar-refractivity contribution in [2.75, 3.05) is 33.3 Å². The third-order valence-electron chi connectivity index (χ3n) is 6.50. The topological polar surface area (TPSA) is 32.8 Å². The number of methoxy groups -OCH3 is 1. The first kappa shape index (κ1) is 22.2. The zero-order valence-corrected chi connectivity index (χ0v) is 19.6. The SMILES string of the molecule is COc1ccc2c(c1)CN(C(=O)CCN1CCC(Cc3ccccc3)CC1)C[C@H](C)S2. The number of hydrogen-bond donors (Lipinski definition) is 0. The molecule has 4 rings (SSSR count). The van der Waals surface area contributed by atoms with Crippen molar-refractivity contribution in [1.29, 1.82) is 0 Å². The highest BCUT2D eigenvalue weighted by Crippen LogP contribution is 2.34. The highest BCUT2D eigenvalue weighted by molar-refractivity contribution is 8.00. The lowest BCUT2D eigenvalue weighted by atomic mass is 9.90. The molecule has 1 amide bonds. The van der Waals surface area contributed by atoms with Crippen LogP contribution in [0, 0.1) is 5.92 Å². The molecule has 31 heavy (non-hydrogen) atoms. The van der Waals surface area contributed by atoms with Crippen molar-refractivity contribution in [3.8, 4) is 5.75 Å². The van der Waals surface area contributed by atoms with Gasteiger partial charge in [0.1, 0.15) is 5.75 Å². The summed E-state index contributed by atoms with van der Waals surface area (Å²) in [5.41, 5.74) is 2.64. The molecule has 2 heterocycles. The van der Waals surface area contributed by atoms with Gasteiger partial charge in [-0.25, -0.2) is 0 Å². The molecule has 2 aliphatic heterocycles. The summed E-state index contributed by atoms with van der Waals surface area (Å²) in [5.74, 6) is 1.90. The van der Waals surface area contributed by atoms with Gasteiger partial charge in [-0.15, -0.1) is 11.8 Å². The number of benzene rings is 2. The first-order valence-electron chi connectivity index (χ1n) is 11.5. The van der Waals surface area contributed by atoms with Crippen LogP contribution >= 0.6 is 11.8 Å². The predicted molar refractivity (Wildman–Crippen MR) is 128 cm³/mol. The molecule has 1 saturated heterocycles. The number of amides is 1. The monoisotopic (exact) mass is 438 g/mol. The minimum Gasteiger partial charge on any atom is -0.497 e. The summed E-state index contributed by atoms with van der Waals surface area (Å²) in [4.78, 5) is 18.9. The molecule has 0 N–H and O–H groups in total. The average molecular weight is 439 g/mol. The van der Waals surface area contributed by atoms with Crippen LogP contribution in [-0.2, 0) is 17.8 Å². The lowest BCUT2D eigenvalue weighted by Crippen LogP contribution is -2.39. The second kappa shape index (κ2) is 10.6. The van der Waals surface area contributed by atoms with Crippen LogP contribution in [0.4, 0.5) is 0 Å². The Bertz CT molecular complexity index is 865. The first-order chi connectivity index (χ1) is 15.1. The molecule has 1 atom stereocenters. The standard InChI is InChI=1S/C26H34N2O2S/c1-20-18-28(19-23-17-24(30-2)8-9-25(23)31-20)26(29)12-15-27-13-10-22(11-14-27)16-21-6-4-3-5-7-21/h3-9,17,20,22H,10-16,18-19H2,1-2H3/t20-/m0/s1. The number of carbonyl (C=O) groups is 1. The van der Waals surface area contributed by atoms with Gasteiger partial charge in [0, 0.05) is 36.2 Å². The van der Waals surface area contributed by atoms with Crippen molar-refractivity contribution in [1.82, 2.24) is 9.80 Å². The smallest absolute Gasteiger partial charge is 0.224 e. The molecule has 2 aromatic rings. The lowest BCUT2D eigenvalue weighted by Gasteiger charge is -2.32. The van der Waals surface area contributed by atoms with E-state index in [1.54, 1.807) is 7.11 Å². The van der Waals surface area contributed by atoms with Crippen LogP contribution < -0.4 is 4.74 Å². The normalized spacial score (nSPS) is 20.2. The van der Waals surface area contributed by atoms with Gasteiger partial charge in [0.05, 0.1) is 7.11 Å². The van der Waals surface area contributed by atoms with Crippen LogP contribution in [0.5, 0.6) is 5.75 Å². The third kappa shape index (κ3) is 6.05. The Kier molecular flexibility index (Phi) is 7.57. The second-order valence-corrected chi connectivity index (χ2v) is 10.4. The highest BCUT2D eigenvalue weighted by Gasteiger charge is 2.25. The van der Waals surface area contributed by atoms with Gasteiger partial charge in [0.2, 0.25) is 5.91 Å². The van der Waals surface area contributed by atoms with Crippen LogP contribution in [0.25, 0.3) is 0 Å². The van der Waals surface area contributed by atoms with Gasteiger partial charge in [-0.3, -0.25) is 4.79 Å². The fourth-order valence-corrected chi connectivity index (χ4v) is 5.83. The van der Waals surface area contributed by atoms with E-state index < -0.39 is 0 Å². The summed E-state index contributed by atoms with van der Waals surface area (Å²) in [6.07, 6.45) is 4.25. The largest absolute Gasteiger partial charge is 0.497 e. The van der Waals surface area contributed by atoms with E-state index in [2.05, 4.69) is 54.3 Å². The van der Waals surface area contributed by atoms with Gasteiger partial charge in [0.25, 0.3) is 0 Å². The highest BCUT2D eigenvalue weighted by atomic mass is 32.2. The molecule has 0 bridgehead atoms. The minimum atomic E-state index is 0.273. The summed E-state index contributed by atoms with van der Waals surface area (Å²) in [6, 6.07) is 17.0. The maximum atomic E-state index is 13.1. The Labute approximate surface area is 191 Å². The van der Waals surface area contributed by atoms with Crippen molar-refractivity contribution in [2.45, 2.75) is 49.3 Å². The van der Waals surface area contributed by atoms with E-state index in [-0.39, 0.29) is 5.91 Å². The molecule has 0 unspecified atom stereocenters. The number of nitrogens with zero attached hydrogens (tertiary/aromatic N) is 2. The summed E-state index contributed by atoms with van der Waals surface area (Å²) in [5, 5.41) is 0.396. The Morgan fingerprint density at radius 1 is 1.13 bits per heavy atom. The van der Waals surface area contributed by atoms with E-state index in [1.165, 1.54) is 35.3 Å². The Morgan fingerprint density at radius 2 is 1.90 bits per heavy atom. The number of likely N-dealkylation sites (tertiary alicyclic amines) is 1. The van der Waals surface area contributed by atoms with Crippen LogP contribution in [0.3, 0.4) is 0 Å². The van der Waals surface area contributed by atoms with Crippen LogP contribution in [0.2, 0.25) is 0 Å². The van der Waals surface area contributed by atoms with Gasteiger partial charge in [-0.1, -0.05) is 37.3 Å². The van der Waals surface area contributed by atoms with Crippen molar-refractivity contribution in [3.05, 3.63) is 59.7 Å². The number of carbonyl (C=O) groups excluding carboxylic acids is 1. The number of piperidine rings is 1. The molecular formula is C26H34N2O2S. The van der Waals surface area contributed by atoms with Gasteiger partial charge < -0.3 is 14.5 Å². The Hall–Kier alpha value is -1.98. The van der Waals surface area contributed by atoms with Crippen LogP contribution in [0.15, 0.2) is 53.4 Å². The van der Waals surface area contributed by atoms with Gasteiger partial charge in [-0.2, -0.15) is 0 Å². The van der Waals surface area contributed by atoms with E-state index in [4.69, 9.17) is 4.74 Å². The van der Waals surface area contributed by atoms with Gasteiger partial charge >= 0.3 is 0 Å². The number of fused-ring (bicyclic) bond motifs is 1. The number of hydrogen-bond acceptors (Lipinski definition) is 4. The Morgan fingerprint density at radius 3 is 2.65 bits per heavy atom. The second-order valence-electron chi connectivity index (χ2n) is 8.90. The minimum absolute atomic E-state index is 0.273. The average Bonchev–Trinajstić information content (AvgIpc) is 2.96. The summed E-state index contributed by atoms with van der Waals surface area (Å²) in [6.45, 7) is 6.79. The van der Waals surface area contributed by atoms with Crippen LogP contribution in [0.1, 0.15) is 37.3 Å². The van der Waals surface area contributed by atoms with E-state index in [0.29, 0.717) is 18.2 Å². The Balaban J connectivity index is 1.26. The van der Waals surface area contributed by atoms with Crippen molar-refractivity contribution in [3.63, 3.8) is 0 Å². The molecule has 0 aliphatic carbocycles. The fraction of sp³-hybridized carbons (Fsp3) is 0.500. The van der Waals surface area contributed by atoms with E-state index in [1.807, 2.05) is 22.7 Å². The van der Waals surface area contributed by atoms with Crippen molar-refractivity contribution >= 4 is 17.7 Å². The molecule has 0 radical (unpaired) electrons. The zero-order chi connectivity index (χ0) is 21.6. The molecule has 0 aromatic heterocycles. The quantitative estimate of drug-likeness (QED) is 0.645. The molecule has 4 nitrogen and oxygen atoms in total. The molecule has 5 heteroatoms. The summed E-state index contributed by atoms with van der Waals surface area (Å²) >= 11 is 1.86. The summed E-state index contributed by atoms with van der Waals surface area (Å²) < 4.78 is 5.40. The molecule has 2 aromatic carbocycles. The molecule has 166 valence electrons. The lowest BCUT2D eigenvalue weighted by molar-refractivity contribution is -0.132. The number of ether oxygens (including phenoxy) is 1. The van der Waals surface area contributed by atoms with E-state index >= 15 is 0 Å². The van der Waals surface area contributed by atoms with Crippen molar-refractivity contribution in [2.24, 2.45) is 5.92 Å². The molecule has 0 spiro atoms. The first-order valence-corrected chi connectivity index (χ1v) is 12.4. The number of thioether (sulfide) groups is 1. The van der Waals surface area contributed by atoms with Crippen molar-refractivity contribution < 1.29 is 9.53 Å². The predicted octanol–water partition coefficient (Wildman–Crippen LogP) is 4.86. The van der Waals surface area contributed by atoms with Gasteiger partial charge in [0.15, 0.2) is 0 Å². The molecule has 0 saturated carbocycles. The zero-order valence-electron chi connectivity index (χ0n) is 18.8. The van der Waals surface area contributed by atoms with E-state index in [0.717, 1.165) is 37.8 Å². The third-order valence-corrected chi connectivity index (χ3v) is 7.71. The molecular weight excluding hydrogens is 404 g/mol. The fourth-order valence-electron chi connectivity index (χ4n) is 4.72. The van der Waals surface area contributed by atoms with Crippen LogP contribution in [-0.4, -0.2) is 54.2 Å². The van der Waals surface area contributed by atoms with Gasteiger partial charge in [-0.05, 0) is 67.6 Å². The maximum Gasteiger partial charge on any atom is 0.224 e.